The van der Waals surface area contributed by atoms with Crippen LogP contribution in [0.15, 0.2) is 67.2 Å². The van der Waals surface area contributed by atoms with Crippen LogP contribution < -0.4 is 14.2 Å². The van der Waals surface area contributed by atoms with Gasteiger partial charge in [0.1, 0.15) is 17.2 Å². The maximum Gasteiger partial charge on any atom is 0.127 e. The lowest BCUT2D eigenvalue weighted by Gasteiger charge is -2.16. The van der Waals surface area contributed by atoms with E-state index in [9.17, 15) is 0 Å². The minimum absolute atomic E-state index is 0.647. The highest BCUT2D eigenvalue weighted by molar-refractivity contribution is 5.83. The van der Waals surface area contributed by atoms with E-state index < -0.39 is 0 Å². The van der Waals surface area contributed by atoms with Gasteiger partial charge in [-0.3, -0.25) is 0 Å². The number of rotatable bonds is 21. The summed E-state index contributed by atoms with van der Waals surface area (Å²) in [4.78, 5) is 0. The molecule has 0 fully saturated rings. The summed E-state index contributed by atoms with van der Waals surface area (Å²) >= 11 is 0. The minimum Gasteiger partial charge on any atom is -0.496 e. The fraction of sp³-hybridized carbons (Fsp3) is 0.488. The standard InChI is InChI=1S/C43H60O3/c1-9-36-30-42(44-8)39(31-43(36)46-29-27-35(7)17-13-15-33(4)5)21-20-37-18-10-11-19-41(37)38-22-24-40(25-23-38)45-28-26-34(6)16-12-14-32(2)3/h9-11,18-25,30-35H,1,12-17,26-29H2,2-8H3/b21-20+. The van der Waals surface area contributed by atoms with Gasteiger partial charge in [-0.25, -0.2) is 0 Å². The fourth-order valence-corrected chi connectivity index (χ4v) is 5.78. The number of hydrogen-bond acceptors (Lipinski definition) is 3. The third kappa shape index (κ3) is 12.7. The van der Waals surface area contributed by atoms with Gasteiger partial charge in [-0.2, -0.15) is 0 Å². The lowest BCUT2D eigenvalue weighted by Crippen LogP contribution is -2.06. The second kappa shape index (κ2) is 19.9. The van der Waals surface area contributed by atoms with E-state index in [0.717, 1.165) is 70.8 Å². The maximum absolute atomic E-state index is 6.32. The molecule has 3 heteroatoms. The molecular formula is C43H60O3. The zero-order valence-electron chi connectivity index (χ0n) is 29.8. The summed E-state index contributed by atoms with van der Waals surface area (Å²) in [6, 6.07) is 21.1. The molecule has 250 valence electrons. The molecule has 0 amide bonds. The van der Waals surface area contributed by atoms with Gasteiger partial charge in [0.2, 0.25) is 0 Å². The van der Waals surface area contributed by atoms with Crippen molar-refractivity contribution < 1.29 is 14.2 Å². The van der Waals surface area contributed by atoms with Gasteiger partial charge >= 0.3 is 0 Å². The highest BCUT2D eigenvalue weighted by atomic mass is 16.5. The highest BCUT2D eigenvalue weighted by Gasteiger charge is 2.11. The Hall–Kier alpha value is -3.46. The zero-order chi connectivity index (χ0) is 33.3. The molecule has 0 aliphatic heterocycles. The SMILES string of the molecule is C=Cc1cc(OC)c(/C=C/c2ccccc2-c2ccc(OCCC(C)CCCC(C)C)cc2)cc1OCCC(C)CCCC(C)C. The third-order valence-corrected chi connectivity index (χ3v) is 8.86. The molecule has 0 radical (unpaired) electrons. The Balaban J connectivity index is 1.66. The van der Waals surface area contributed by atoms with Crippen LogP contribution in [-0.4, -0.2) is 20.3 Å². The smallest absolute Gasteiger partial charge is 0.127 e. The molecule has 3 aromatic carbocycles. The molecule has 0 N–H and O–H groups in total. The molecule has 0 bridgehead atoms. The predicted molar refractivity (Wildman–Crippen MR) is 200 cm³/mol. The average Bonchev–Trinajstić information content (AvgIpc) is 3.04. The molecule has 0 saturated heterocycles. The molecule has 3 aromatic rings. The zero-order valence-corrected chi connectivity index (χ0v) is 29.8. The van der Waals surface area contributed by atoms with Crippen molar-refractivity contribution in [2.45, 2.75) is 92.9 Å². The number of methoxy groups -OCH3 is 1. The van der Waals surface area contributed by atoms with E-state index in [4.69, 9.17) is 14.2 Å². The molecule has 0 aliphatic rings. The Morgan fingerprint density at radius 1 is 0.609 bits per heavy atom. The number of ether oxygens (including phenoxy) is 3. The second-order valence-electron chi connectivity index (χ2n) is 13.9. The van der Waals surface area contributed by atoms with Gasteiger partial charge in [0, 0.05) is 11.1 Å². The summed E-state index contributed by atoms with van der Waals surface area (Å²) in [6.07, 6.45) is 16.0. The minimum atomic E-state index is 0.647. The first-order valence-corrected chi connectivity index (χ1v) is 17.7. The monoisotopic (exact) mass is 624 g/mol. The fourth-order valence-electron chi connectivity index (χ4n) is 5.78. The van der Waals surface area contributed by atoms with Crippen LogP contribution in [0.4, 0.5) is 0 Å². The van der Waals surface area contributed by atoms with Crippen molar-refractivity contribution in [3.05, 3.63) is 83.9 Å². The molecule has 0 saturated carbocycles. The van der Waals surface area contributed by atoms with Gasteiger partial charge in [-0.05, 0) is 77.5 Å². The average molecular weight is 625 g/mol. The van der Waals surface area contributed by atoms with Crippen molar-refractivity contribution in [2.75, 3.05) is 20.3 Å². The molecule has 0 spiro atoms. The van der Waals surface area contributed by atoms with Crippen molar-refractivity contribution >= 4 is 18.2 Å². The van der Waals surface area contributed by atoms with Crippen LogP contribution in [0, 0.1) is 23.7 Å². The molecule has 0 heterocycles. The Morgan fingerprint density at radius 2 is 1.17 bits per heavy atom. The molecule has 0 aliphatic carbocycles. The molecule has 3 nitrogen and oxygen atoms in total. The second-order valence-corrected chi connectivity index (χ2v) is 13.9. The summed E-state index contributed by atoms with van der Waals surface area (Å²) in [7, 11) is 1.71. The molecule has 46 heavy (non-hydrogen) atoms. The van der Waals surface area contributed by atoms with Crippen LogP contribution in [-0.2, 0) is 0 Å². The number of hydrogen-bond donors (Lipinski definition) is 0. The van der Waals surface area contributed by atoms with Gasteiger partial charge in [0.15, 0.2) is 0 Å². The lowest BCUT2D eigenvalue weighted by molar-refractivity contribution is 0.275. The van der Waals surface area contributed by atoms with Crippen molar-refractivity contribution in [1.29, 1.82) is 0 Å². The summed E-state index contributed by atoms with van der Waals surface area (Å²) in [5.74, 6) is 5.47. The third-order valence-electron chi connectivity index (χ3n) is 8.86. The van der Waals surface area contributed by atoms with Gasteiger partial charge in [0.05, 0.1) is 20.3 Å². The van der Waals surface area contributed by atoms with Crippen molar-refractivity contribution in [1.82, 2.24) is 0 Å². The molecule has 3 rings (SSSR count). The van der Waals surface area contributed by atoms with Crippen LogP contribution >= 0.6 is 0 Å². The van der Waals surface area contributed by atoms with Gasteiger partial charge in [-0.1, -0.05) is 141 Å². The predicted octanol–water partition coefficient (Wildman–Crippen LogP) is 12.6. The summed E-state index contributed by atoms with van der Waals surface area (Å²) in [5.41, 5.74) is 5.40. The Morgan fingerprint density at radius 3 is 1.76 bits per heavy atom. The van der Waals surface area contributed by atoms with E-state index in [2.05, 4.69) is 115 Å². The van der Waals surface area contributed by atoms with Gasteiger partial charge in [-0.15, -0.1) is 0 Å². The normalized spacial score (nSPS) is 12.9. The van der Waals surface area contributed by atoms with E-state index in [1.807, 2.05) is 12.1 Å². The van der Waals surface area contributed by atoms with Crippen LogP contribution in [0.25, 0.3) is 29.4 Å². The van der Waals surface area contributed by atoms with Gasteiger partial charge in [0.25, 0.3) is 0 Å². The molecular weight excluding hydrogens is 564 g/mol. The Kier molecular flexibility index (Phi) is 16.0. The van der Waals surface area contributed by atoms with Crippen LogP contribution in [0.5, 0.6) is 17.2 Å². The van der Waals surface area contributed by atoms with Crippen LogP contribution in [0.1, 0.15) is 110 Å². The molecule has 0 aromatic heterocycles. The van der Waals surface area contributed by atoms with E-state index in [1.165, 1.54) is 44.1 Å². The van der Waals surface area contributed by atoms with Gasteiger partial charge < -0.3 is 14.2 Å². The Labute approximate surface area is 281 Å². The van der Waals surface area contributed by atoms with E-state index >= 15 is 0 Å². The van der Waals surface area contributed by atoms with Crippen LogP contribution in [0.3, 0.4) is 0 Å². The van der Waals surface area contributed by atoms with Crippen molar-refractivity contribution in [3.8, 4) is 28.4 Å². The highest BCUT2D eigenvalue weighted by Crippen LogP contribution is 2.33. The van der Waals surface area contributed by atoms with Crippen molar-refractivity contribution in [3.63, 3.8) is 0 Å². The molecule has 2 unspecified atom stereocenters. The maximum atomic E-state index is 6.32. The number of benzene rings is 3. The van der Waals surface area contributed by atoms with Crippen LogP contribution in [0.2, 0.25) is 0 Å². The topological polar surface area (TPSA) is 27.7 Å². The lowest BCUT2D eigenvalue weighted by atomic mass is 9.97. The quantitative estimate of drug-likeness (QED) is 0.110. The first-order valence-electron chi connectivity index (χ1n) is 17.7. The first-order chi connectivity index (χ1) is 22.2. The largest absolute Gasteiger partial charge is 0.496 e. The van der Waals surface area contributed by atoms with E-state index in [-0.39, 0.29) is 0 Å². The summed E-state index contributed by atoms with van der Waals surface area (Å²) in [6.45, 7) is 19.3. The summed E-state index contributed by atoms with van der Waals surface area (Å²) in [5, 5.41) is 0. The Bertz CT molecular complexity index is 1330. The first kappa shape index (κ1) is 37.0. The summed E-state index contributed by atoms with van der Waals surface area (Å²) < 4.78 is 18.2. The van der Waals surface area contributed by atoms with Crippen molar-refractivity contribution in [2.24, 2.45) is 23.7 Å². The molecule has 2 atom stereocenters. The van der Waals surface area contributed by atoms with E-state index in [1.54, 1.807) is 7.11 Å². The van der Waals surface area contributed by atoms with E-state index in [0.29, 0.717) is 18.4 Å².